The van der Waals surface area contributed by atoms with Crippen LogP contribution < -0.4 is 20.7 Å². The zero-order valence-electron chi connectivity index (χ0n) is 20.5. The van der Waals surface area contributed by atoms with Crippen LogP contribution in [0.5, 0.6) is 11.5 Å². The Kier molecular flexibility index (Phi) is 5.21. The van der Waals surface area contributed by atoms with Crippen molar-refractivity contribution < 1.29 is 27.9 Å². The minimum atomic E-state index is -0.525. The van der Waals surface area contributed by atoms with Crippen LogP contribution in [0.2, 0.25) is 0 Å². The van der Waals surface area contributed by atoms with E-state index in [2.05, 4.69) is 0 Å². The smallest absolute Gasteiger partial charge is 0.345 e. The van der Waals surface area contributed by atoms with E-state index in [1.54, 1.807) is 97.1 Å². The SMILES string of the molecule is O=C1Oc2ccccc2/C1=C1\C(=O)Oc2ccccc21.O=c1oc2ccccc2c2c(=O)oc3ccccc3c12. The van der Waals surface area contributed by atoms with Crippen molar-refractivity contribution in [1.29, 1.82) is 0 Å². The summed E-state index contributed by atoms with van der Waals surface area (Å²) in [4.78, 5) is 48.6. The first kappa shape index (κ1) is 23.4. The number of hydrogen-bond donors (Lipinski definition) is 0. The van der Waals surface area contributed by atoms with Crippen LogP contribution in [-0.4, -0.2) is 11.9 Å². The Bertz CT molecular complexity index is 2040. The molecule has 0 spiro atoms. The number of rotatable bonds is 0. The maximum atomic E-state index is 12.2. The Balaban J connectivity index is 0.000000132. The number of esters is 2. The lowest BCUT2D eigenvalue weighted by atomic mass is 9.96. The van der Waals surface area contributed by atoms with E-state index >= 15 is 0 Å². The van der Waals surface area contributed by atoms with Crippen molar-refractivity contribution >= 4 is 55.8 Å². The first-order valence-corrected chi connectivity index (χ1v) is 12.3. The Hall–Kier alpha value is -5.76. The van der Waals surface area contributed by atoms with Crippen molar-refractivity contribution in [2.24, 2.45) is 0 Å². The average Bonchev–Trinajstić information content (AvgIpc) is 3.47. The summed E-state index contributed by atoms with van der Waals surface area (Å²) >= 11 is 0. The molecule has 4 heterocycles. The molecule has 2 aromatic heterocycles. The van der Waals surface area contributed by atoms with Crippen LogP contribution in [0.3, 0.4) is 0 Å². The molecule has 8 rings (SSSR count). The normalized spacial score (nSPS) is 15.4. The first-order chi connectivity index (χ1) is 19.5. The van der Waals surface area contributed by atoms with E-state index in [0.29, 0.717) is 44.6 Å². The van der Waals surface area contributed by atoms with Crippen LogP contribution >= 0.6 is 0 Å². The molecule has 40 heavy (non-hydrogen) atoms. The van der Waals surface area contributed by atoms with Crippen molar-refractivity contribution in [3.63, 3.8) is 0 Å². The minimum Gasteiger partial charge on any atom is -0.422 e. The molecule has 0 aliphatic carbocycles. The maximum Gasteiger partial charge on any atom is 0.345 e. The number of benzene rings is 4. The standard InChI is InChI=1S/2C16H8O4/c17-15-13-9-5-1-3-7-11(9)19-16(18)14(13)10-6-2-4-8-12(10)20-15;17-15-13(9-5-1-3-7-11(9)19-15)14-10-6-2-4-8-12(10)20-16(14)18/h2*1-8H/b;14-13+. The molecule has 192 valence electrons. The van der Waals surface area contributed by atoms with Crippen LogP contribution in [0.25, 0.3) is 43.9 Å². The van der Waals surface area contributed by atoms with Crippen LogP contribution in [0, 0.1) is 0 Å². The molecule has 8 heteroatoms. The molecule has 8 nitrogen and oxygen atoms in total. The summed E-state index contributed by atoms with van der Waals surface area (Å²) in [5, 5.41) is 1.72. The van der Waals surface area contributed by atoms with Crippen molar-refractivity contribution in [3.8, 4) is 11.5 Å². The molecule has 0 saturated heterocycles. The third kappa shape index (κ3) is 3.54. The molecule has 0 fully saturated rings. The Labute approximate surface area is 224 Å². The lowest BCUT2D eigenvalue weighted by molar-refractivity contribution is -0.128. The number of carbonyl (C=O) groups is 2. The zero-order chi connectivity index (χ0) is 27.4. The number of carbonyl (C=O) groups excluding carboxylic acids is 2. The lowest BCUT2D eigenvalue weighted by Gasteiger charge is -2.03. The van der Waals surface area contributed by atoms with Gasteiger partial charge >= 0.3 is 23.2 Å². The van der Waals surface area contributed by atoms with E-state index < -0.39 is 23.2 Å². The van der Waals surface area contributed by atoms with E-state index in [0.717, 1.165) is 0 Å². The van der Waals surface area contributed by atoms with Gasteiger partial charge in [-0.2, -0.15) is 0 Å². The predicted octanol–water partition coefficient (Wildman–Crippen LogP) is 5.49. The summed E-state index contributed by atoms with van der Waals surface area (Å²) in [5.41, 5.74) is 1.51. The van der Waals surface area contributed by atoms with Gasteiger partial charge in [-0.05, 0) is 24.3 Å². The summed E-state index contributed by atoms with van der Waals surface area (Å²) in [6.07, 6.45) is 0. The van der Waals surface area contributed by atoms with Gasteiger partial charge in [-0.25, -0.2) is 19.2 Å². The quantitative estimate of drug-likeness (QED) is 0.0837. The van der Waals surface area contributed by atoms with Crippen molar-refractivity contribution in [3.05, 3.63) is 129 Å². The molecule has 6 aromatic rings. The highest BCUT2D eigenvalue weighted by Gasteiger charge is 2.37. The van der Waals surface area contributed by atoms with Gasteiger partial charge in [0.25, 0.3) is 0 Å². The largest absolute Gasteiger partial charge is 0.422 e. The summed E-state index contributed by atoms with van der Waals surface area (Å²) in [5.74, 6) is -0.0981. The van der Waals surface area contributed by atoms with Gasteiger partial charge in [0.15, 0.2) is 0 Å². The number of hydrogen-bond acceptors (Lipinski definition) is 8. The predicted molar refractivity (Wildman–Crippen MR) is 147 cm³/mol. The fourth-order valence-corrected chi connectivity index (χ4v) is 5.04. The topological polar surface area (TPSA) is 113 Å². The van der Waals surface area contributed by atoms with Crippen LogP contribution in [0.1, 0.15) is 11.1 Å². The van der Waals surface area contributed by atoms with Gasteiger partial charge in [0.05, 0.1) is 21.9 Å². The zero-order valence-corrected chi connectivity index (χ0v) is 20.5. The molecule has 0 unspecified atom stereocenters. The summed E-state index contributed by atoms with van der Waals surface area (Å²) < 4.78 is 21.0. The van der Waals surface area contributed by atoms with E-state index in [4.69, 9.17) is 18.3 Å². The molecular weight excluding hydrogens is 512 g/mol. The highest BCUT2D eigenvalue weighted by molar-refractivity contribution is 6.41. The maximum absolute atomic E-state index is 12.2. The van der Waals surface area contributed by atoms with Crippen molar-refractivity contribution in [2.45, 2.75) is 0 Å². The van der Waals surface area contributed by atoms with E-state index in [1.165, 1.54) is 0 Å². The number of para-hydroxylation sites is 4. The molecule has 2 aliphatic heterocycles. The minimum absolute atomic E-state index is 0.274. The van der Waals surface area contributed by atoms with Crippen molar-refractivity contribution in [1.82, 2.24) is 0 Å². The third-order valence-corrected chi connectivity index (χ3v) is 6.75. The summed E-state index contributed by atoms with van der Waals surface area (Å²) in [6, 6.07) is 28.0. The van der Waals surface area contributed by atoms with Crippen LogP contribution in [0.15, 0.2) is 115 Å². The van der Waals surface area contributed by atoms with E-state index in [1.807, 2.05) is 0 Å². The molecular formula is C32H16O8. The van der Waals surface area contributed by atoms with Gasteiger partial charge in [0, 0.05) is 21.9 Å². The third-order valence-electron chi connectivity index (χ3n) is 6.75. The Morgan fingerprint density at radius 1 is 0.425 bits per heavy atom. The van der Waals surface area contributed by atoms with Crippen molar-refractivity contribution in [2.75, 3.05) is 0 Å². The highest BCUT2D eigenvalue weighted by atomic mass is 16.5. The van der Waals surface area contributed by atoms with Crippen LogP contribution in [0.4, 0.5) is 0 Å². The molecule has 0 N–H and O–H groups in total. The number of ether oxygens (including phenoxy) is 2. The van der Waals surface area contributed by atoms with E-state index in [-0.39, 0.29) is 21.9 Å². The van der Waals surface area contributed by atoms with E-state index in [9.17, 15) is 19.2 Å². The second-order valence-corrected chi connectivity index (χ2v) is 9.04. The number of fused-ring (bicyclic) bond motifs is 7. The second-order valence-electron chi connectivity index (χ2n) is 9.04. The fraction of sp³-hybridized carbons (Fsp3) is 0. The second kappa shape index (κ2) is 8.92. The fourth-order valence-electron chi connectivity index (χ4n) is 5.04. The van der Waals surface area contributed by atoms with Gasteiger partial charge < -0.3 is 18.3 Å². The van der Waals surface area contributed by atoms with Gasteiger partial charge in [-0.15, -0.1) is 0 Å². The molecule has 0 radical (unpaired) electrons. The summed E-state index contributed by atoms with van der Waals surface area (Å²) in [6.45, 7) is 0. The highest BCUT2D eigenvalue weighted by Crippen LogP contribution is 2.43. The van der Waals surface area contributed by atoms with Gasteiger partial charge in [0.2, 0.25) is 0 Å². The summed E-state index contributed by atoms with van der Waals surface area (Å²) in [7, 11) is 0. The Morgan fingerprint density at radius 2 is 0.800 bits per heavy atom. The average molecular weight is 528 g/mol. The molecule has 0 amide bonds. The molecule has 2 aliphatic rings. The molecule has 0 atom stereocenters. The van der Waals surface area contributed by atoms with Gasteiger partial charge in [-0.1, -0.05) is 72.8 Å². The Morgan fingerprint density at radius 3 is 1.25 bits per heavy atom. The molecule has 0 saturated carbocycles. The first-order valence-electron chi connectivity index (χ1n) is 12.3. The van der Waals surface area contributed by atoms with Gasteiger partial charge in [-0.3, -0.25) is 0 Å². The van der Waals surface area contributed by atoms with Gasteiger partial charge in [0.1, 0.15) is 22.7 Å². The monoisotopic (exact) mass is 528 g/mol. The molecule has 0 bridgehead atoms. The lowest BCUT2D eigenvalue weighted by Crippen LogP contribution is -2.08. The van der Waals surface area contributed by atoms with Crippen LogP contribution in [-0.2, 0) is 9.59 Å². The molecule has 4 aromatic carbocycles.